The fourth-order valence-corrected chi connectivity index (χ4v) is 1.42. The minimum atomic E-state index is -4.35. The lowest BCUT2D eigenvalue weighted by atomic mass is 10.1. The molecule has 0 aliphatic rings. The van der Waals surface area contributed by atoms with Crippen molar-refractivity contribution in [2.24, 2.45) is 5.73 Å². The van der Waals surface area contributed by atoms with Gasteiger partial charge in [-0.25, -0.2) is 0 Å². The van der Waals surface area contributed by atoms with Crippen molar-refractivity contribution in [3.8, 4) is 0 Å². The predicted molar refractivity (Wildman–Crippen MR) is 63.9 cm³/mol. The first-order valence-corrected chi connectivity index (χ1v) is 5.11. The molecule has 0 saturated heterocycles. The zero-order valence-electron chi connectivity index (χ0n) is 9.75. The number of hydrogen-bond acceptors (Lipinski definition) is 2. The van der Waals surface area contributed by atoms with Gasteiger partial charge < -0.3 is 10.6 Å². The van der Waals surface area contributed by atoms with Crippen molar-refractivity contribution >= 4 is 11.8 Å². The summed E-state index contributed by atoms with van der Waals surface area (Å²) in [4.78, 5) is 1.75. The van der Waals surface area contributed by atoms with Gasteiger partial charge in [0.05, 0.1) is 5.56 Å². The van der Waals surface area contributed by atoms with Gasteiger partial charge in [-0.2, -0.15) is 13.2 Å². The highest BCUT2D eigenvalue weighted by atomic mass is 19.4. The van der Waals surface area contributed by atoms with Gasteiger partial charge in [-0.15, -0.1) is 0 Å². The van der Waals surface area contributed by atoms with E-state index in [9.17, 15) is 13.2 Å². The van der Waals surface area contributed by atoms with Crippen molar-refractivity contribution in [1.82, 2.24) is 0 Å². The monoisotopic (exact) mass is 244 g/mol. The van der Waals surface area contributed by atoms with Crippen LogP contribution < -0.4 is 10.6 Å². The maximum Gasteiger partial charge on any atom is 0.416 e. The third kappa shape index (κ3) is 3.49. The number of nitrogens with zero attached hydrogens (tertiary/aromatic N) is 1. The summed E-state index contributed by atoms with van der Waals surface area (Å²) >= 11 is 0. The number of anilines is 1. The topological polar surface area (TPSA) is 29.3 Å². The third-order valence-corrected chi connectivity index (χ3v) is 2.29. The fourth-order valence-electron chi connectivity index (χ4n) is 1.42. The van der Waals surface area contributed by atoms with E-state index in [-0.39, 0.29) is 12.1 Å². The Kier molecular flexibility index (Phi) is 4.17. The normalized spacial score (nSPS) is 12.1. The minimum Gasteiger partial charge on any atom is -0.378 e. The quantitative estimate of drug-likeness (QED) is 0.885. The Bertz CT molecular complexity index is 409. The second-order valence-corrected chi connectivity index (χ2v) is 3.80. The second kappa shape index (κ2) is 5.23. The van der Waals surface area contributed by atoms with E-state index in [0.717, 1.165) is 11.8 Å². The molecule has 0 aliphatic carbocycles. The molecule has 0 saturated carbocycles. The maximum atomic E-state index is 12.7. The van der Waals surface area contributed by atoms with Gasteiger partial charge in [0.2, 0.25) is 0 Å². The average Bonchev–Trinajstić information content (AvgIpc) is 2.24. The first-order valence-electron chi connectivity index (χ1n) is 5.11. The number of nitrogens with two attached hydrogens (primary N) is 1. The van der Waals surface area contributed by atoms with Gasteiger partial charge in [-0.1, -0.05) is 12.2 Å². The van der Waals surface area contributed by atoms with Gasteiger partial charge in [0.15, 0.2) is 0 Å². The van der Waals surface area contributed by atoms with Crippen molar-refractivity contribution in [2.45, 2.75) is 6.18 Å². The van der Waals surface area contributed by atoms with Crippen LogP contribution in [0.25, 0.3) is 6.08 Å². The van der Waals surface area contributed by atoms with E-state index < -0.39 is 11.7 Å². The first kappa shape index (κ1) is 13.6. The molecule has 2 nitrogen and oxygen atoms in total. The molecule has 0 atom stereocenters. The molecular weight excluding hydrogens is 229 g/mol. The predicted octanol–water partition coefficient (Wildman–Crippen LogP) is 2.74. The molecule has 1 aromatic carbocycles. The molecule has 1 rings (SSSR count). The fraction of sp³-hybridized carbons (Fsp3) is 0.333. The highest BCUT2D eigenvalue weighted by Crippen LogP contribution is 2.34. The zero-order valence-corrected chi connectivity index (χ0v) is 9.75. The summed E-state index contributed by atoms with van der Waals surface area (Å²) in [5.74, 6) is 0. The molecule has 0 unspecified atom stereocenters. The van der Waals surface area contributed by atoms with Gasteiger partial charge in [0.25, 0.3) is 0 Å². The molecule has 0 bridgehead atoms. The number of hydrogen-bond donors (Lipinski definition) is 1. The summed E-state index contributed by atoms with van der Waals surface area (Å²) < 4.78 is 38.2. The molecule has 0 fully saturated rings. The van der Waals surface area contributed by atoms with E-state index in [1.807, 2.05) is 0 Å². The molecule has 94 valence electrons. The van der Waals surface area contributed by atoms with E-state index in [1.165, 1.54) is 24.3 Å². The Balaban J connectivity index is 3.26. The van der Waals surface area contributed by atoms with Crippen LogP contribution in [-0.2, 0) is 6.18 Å². The van der Waals surface area contributed by atoms with Gasteiger partial charge in [-0.05, 0) is 23.8 Å². The molecule has 0 aliphatic heterocycles. The Hall–Kier alpha value is -1.49. The summed E-state index contributed by atoms with van der Waals surface area (Å²) in [7, 11) is 3.55. The summed E-state index contributed by atoms with van der Waals surface area (Å²) in [6, 6.07) is 4.03. The van der Waals surface area contributed by atoms with Gasteiger partial charge in [-0.3, -0.25) is 0 Å². The largest absolute Gasteiger partial charge is 0.416 e. The number of halogens is 3. The summed E-state index contributed by atoms with van der Waals surface area (Å²) in [5.41, 5.74) is 5.46. The van der Waals surface area contributed by atoms with Crippen LogP contribution in [0, 0.1) is 0 Å². The van der Waals surface area contributed by atoms with Crippen LogP contribution >= 0.6 is 0 Å². The van der Waals surface area contributed by atoms with Crippen molar-refractivity contribution in [3.63, 3.8) is 0 Å². The standard InChI is InChI=1S/C12H15F3N2/c1-17(2)10-5-6-11(12(13,14)15)9(8-10)4-3-7-16/h3-6,8H,7,16H2,1-2H3/b4-3+. The van der Waals surface area contributed by atoms with Crippen LogP contribution in [0.5, 0.6) is 0 Å². The highest BCUT2D eigenvalue weighted by molar-refractivity contribution is 5.62. The van der Waals surface area contributed by atoms with Crippen LogP contribution in [-0.4, -0.2) is 20.6 Å². The Morgan fingerprint density at radius 1 is 1.29 bits per heavy atom. The molecule has 2 N–H and O–H groups in total. The van der Waals surface area contributed by atoms with E-state index in [0.29, 0.717) is 0 Å². The van der Waals surface area contributed by atoms with Crippen molar-refractivity contribution in [2.75, 3.05) is 25.5 Å². The number of alkyl halides is 3. The Labute approximate surface area is 98.5 Å². The zero-order chi connectivity index (χ0) is 13.1. The van der Waals surface area contributed by atoms with Crippen LogP contribution in [0.1, 0.15) is 11.1 Å². The SMILES string of the molecule is CN(C)c1ccc(C(F)(F)F)c(/C=C/CN)c1. The molecule has 17 heavy (non-hydrogen) atoms. The van der Waals surface area contributed by atoms with Crippen molar-refractivity contribution in [1.29, 1.82) is 0 Å². The van der Waals surface area contributed by atoms with Crippen molar-refractivity contribution < 1.29 is 13.2 Å². The average molecular weight is 244 g/mol. The lowest BCUT2D eigenvalue weighted by Gasteiger charge is -2.16. The van der Waals surface area contributed by atoms with Crippen LogP contribution in [0.15, 0.2) is 24.3 Å². The number of benzene rings is 1. The van der Waals surface area contributed by atoms with Gasteiger partial charge in [0.1, 0.15) is 0 Å². The number of rotatable bonds is 3. The molecular formula is C12H15F3N2. The lowest BCUT2D eigenvalue weighted by Crippen LogP contribution is -2.12. The minimum absolute atomic E-state index is 0.133. The molecule has 0 spiro atoms. The molecule has 0 aromatic heterocycles. The Morgan fingerprint density at radius 3 is 2.41 bits per heavy atom. The van der Waals surface area contributed by atoms with Crippen LogP contribution in [0.2, 0.25) is 0 Å². The van der Waals surface area contributed by atoms with E-state index >= 15 is 0 Å². The van der Waals surface area contributed by atoms with Gasteiger partial charge in [0, 0.05) is 26.3 Å². The maximum absolute atomic E-state index is 12.7. The summed E-state index contributed by atoms with van der Waals surface area (Å²) in [6.07, 6.45) is -1.45. The van der Waals surface area contributed by atoms with E-state index in [1.54, 1.807) is 19.0 Å². The Morgan fingerprint density at radius 2 is 1.94 bits per heavy atom. The van der Waals surface area contributed by atoms with Crippen molar-refractivity contribution in [3.05, 3.63) is 35.4 Å². The lowest BCUT2D eigenvalue weighted by molar-refractivity contribution is -0.137. The van der Waals surface area contributed by atoms with Crippen LogP contribution in [0.3, 0.4) is 0 Å². The smallest absolute Gasteiger partial charge is 0.378 e. The molecule has 0 heterocycles. The third-order valence-electron chi connectivity index (χ3n) is 2.29. The molecule has 0 amide bonds. The van der Waals surface area contributed by atoms with E-state index in [4.69, 9.17) is 5.73 Å². The summed E-state index contributed by atoms with van der Waals surface area (Å²) in [6.45, 7) is 0.212. The molecule has 5 heteroatoms. The van der Waals surface area contributed by atoms with Crippen LogP contribution in [0.4, 0.5) is 18.9 Å². The van der Waals surface area contributed by atoms with Gasteiger partial charge >= 0.3 is 6.18 Å². The highest BCUT2D eigenvalue weighted by Gasteiger charge is 2.32. The molecule has 1 aromatic rings. The first-order chi connectivity index (χ1) is 7.86. The molecule has 0 radical (unpaired) electrons. The second-order valence-electron chi connectivity index (χ2n) is 3.80. The van der Waals surface area contributed by atoms with E-state index in [2.05, 4.69) is 0 Å². The summed E-state index contributed by atoms with van der Waals surface area (Å²) in [5, 5.41) is 0.